The van der Waals surface area contributed by atoms with Gasteiger partial charge in [0, 0.05) is 16.6 Å². The molecule has 6 nitrogen and oxygen atoms in total. The van der Waals surface area contributed by atoms with Crippen molar-refractivity contribution >= 4 is 28.5 Å². The van der Waals surface area contributed by atoms with Gasteiger partial charge in [0.05, 0.1) is 32.7 Å². The molecule has 0 saturated heterocycles. The zero-order chi connectivity index (χ0) is 20.8. The number of amides is 1. The Morgan fingerprint density at radius 3 is 2.59 bits per heavy atom. The summed E-state index contributed by atoms with van der Waals surface area (Å²) in [6.45, 7) is 7.90. The Morgan fingerprint density at radius 2 is 1.90 bits per heavy atom. The van der Waals surface area contributed by atoms with Gasteiger partial charge in [-0.2, -0.15) is 0 Å². The second kappa shape index (κ2) is 9.67. The highest BCUT2D eigenvalue weighted by Gasteiger charge is 2.17. The molecule has 2 aromatic heterocycles. The third-order valence-electron chi connectivity index (χ3n) is 5.11. The Kier molecular flexibility index (Phi) is 7.01. The number of hydrogen-bond acceptors (Lipinski definition) is 3. The van der Waals surface area contributed by atoms with Gasteiger partial charge < -0.3 is 10.2 Å². The van der Waals surface area contributed by atoms with Crippen LogP contribution in [0, 0.1) is 0 Å². The lowest BCUT2D eigenvalue weighted by atomic mass is 10.1. The number of quaternary nitrogens is 1. The number of nitrogens with zero attached hydrogens (tertiary/aromatic N) is 2. The first-order valence-electron chi connectivity index (χ1n) is 9.88. The average Bonchev–Trinajstić information content (AvgIpc) is 2.74. The van der Waals surface area contributed by atoms with E-state index in [1.807, 2.05) is 18.2 Å². The van der Waals surface area contributed by atoms with Crippen molar-refractivity contribution in [3.05, 3.63) is 75.2 Å². The SMILES string of the molecule is CC[NH+](CC)CCNC(=O)c1cc2cccnc2n(Cc2ccc(Cl)cc2)c1=O. The molecule has 0 fully saturated rings. The number of hydrogen-bond donors (Lipinski definition) is 2. The van der Waals surface area contributed by atoms with Crippen LogP contribution < -0.4 is 15.8 Å². The van der Waals surface area contributed by atoms with Gasteiger partial charge in [-0.3, -0.25) is 14.2 Å². The zero-order valence-corrected chi connectivity index (χ0v) is 17.5. The number of fused-ring (bicyclic) bond motifs is 1. The third kappa shape index (κ3) is 5.02. The van der Waals surface area contributed by atoms with E-state index in [9.17, 15) is 9.59 Å². The molecule has 0 unspecified atom stereocenters. The molecule has 0 atom stereocenters. The van der Waals surface area contributed by atoms with E-state index >= 15 is 0 Å². The minimum Gasteiger partial charge on any atom is -0.346 e. The molecule has 3 aromatic rings. The highest BCUT2D eigenvalue weighted by atomic mass is 35.5. The average molecular weight is 414 g/mol. The first-order valence-corrected chi connectivity index (χ1v) is 10.3. The summed E-state index contributed by atoms with van der Waals surface area (Å²) in [4.78, 5) is 31.6. The van der Waals surface area contributed by atoms with Crippen LogP contribution in [0.15, 0.2) is 53.5 Å². The Labute approximate surface area is 175 Å². The van der Waals surface area contributed by atoms with Crippen LogP contribution in [0.4, 0.5) is 0 Å². The van der Waals surface area contributed by atoms with Crippen LogP contribution in [-0.2, 0) is 6.54 Å². The molecule has 1 amide bonds. The van der Waals surface area contributed by atoms with E-state index in [2.05, 4.69) is 24.1 Å². The molecule has 152 valence electrons. The summed E-state index contributed by atoms with van der Waals surface area (Å²) in [6.07, 6.45) is 1.65. The number of rotatable bonds is 8. The van der Waals surface area contributed by atoms with Gasteiger partial charge in [-0.25, -0.2) is 4.98 Å². The van der Waals surface area contributed by atoms with Crippen molar-refractivity contribution in [1.82, 2.24) is 14.9 Å². The van der Waals surface area contributed by atoms with Crippen molar-refractivity contribution in [2.75, 3.05) is 26.2 Å². The van der Waals surface area contributed by atoms with Gasteiger partial charge in [0.2, 0.25) is 0 Å². The van der Waals surface area contributed by atoms with E-state index < -0.39 is 0 Å². The zero-order valence-electron chi connectivity index (χ0n) is 16.7. The van der Waals surface area contributed by atoms with Gasteiger partial charge in [0.25, 0.3) is 11.5 Å². The largest absolute Gasteiger partial charge is 0.346 e. The van der Waals surface area contributed by atoms with Gasteiger partial charge in [0.1, 0.15) is 11.2 Å². The summed E-state index contributed by atoms with van der Waals surface area (Å²) in [5, 5.41) is 4.27. The maximum atomic E-state index is 13.1. The van der Waals surface area contributed by atoms with E-state index in [0.29, 0.717) is 23.8 Å². The van der Waals surface area contributed by atoms with Gasteiger partial charge in [-0.15, -0.1) is 0 Å². The number of carbonyl (C=O) groups is 1. The first kappa shape index (κ1) is 21.0. The molecule has 0 aliphatic carbocycles. The lowest BCUT2D eigenvalue weighted by Crippen LogP contribution is -3.12. The molecule has 0 aliphatic heterocycles. The molecular weight excluding hydrogens is 388 g/mol. The van der Waals surface area contributed by atoms with Gasteiger partial charge in [-0.05, 0) is 49.7 Å². The minimum absolute atomic E-state index is 0.133. The number of benzene rings is 1. The van der Waals surface area contributed by atoms with Gasteiger partial charge in [0.15, 0.2) is 0 Å². The number of halogens is 1. The Balaban J connectivity index is 1.92. The van der Waals surface area contributed by atoms with E-state index in [0.717, 1.165) is 30.6 Å². The predicted octanol–water partition coefficient (Wildman–Crippen LogP) is 1.75. The van der Waals surface area contributed by atoms with E-state index in [1.165, 1.54) is 4.90 Å². The Bertz CT molecular complexity index is 1040. The number of pyridine rings is 2. The summed E-state index contributed by atoms with van der Waals surface area (Å²) in [7, 11) is 0. The normalized spacial score (nSPS) is 11.2. The summed E-state index contributed by atoms with van der Waals surface area (Å²) < 4.78 is 1.54. The van der Waals surface area contributed by atoms with E-state index in [4.69, 9.17) is 11.6 Å². The van der Waals surface area contributed by atoms with Crippen molar-refractivity contribution in [3.63, 3.8) is 0 Å². The van der Waals surface area contributed by atoms with Crippen LogP contribution in [0.3, 0.4) is 0 Å². The van der Waals surface area contributed by atoms with Crippen LogP contribution in [0.1, 0.15) is 29.8 Å². The van der Waals surface area contributed by atoms with Crippen LogP contribution in [0.5, 0.6) is 0 Å². The minimum atomic E-state index is -0.350. The summed E-state index contributed by atoms with van der Waals surface area (Å²) in [5.74, 6) is -0.350. The van der Waals surface area contributed by atoms with E-state index in [-0.39, 0.29) is 17.0 Å². The summed E-state index contributed by atoms with van der Waals surface area (Å²) in [6, 6.07) is 12.6. The smallest absolute Gasteiger partial charge is 0.265 e. The van der Waals surface area contributed by atoms with Crippen molar-refractivity contribution in [2.45, 2.75) is 20.4 Å². The number of aromatic nitrogens is 2. The lowest BCUT2D eigenvalue weighted by molar-refractivity contribution is -0.895. The van der Waals surface area contributed by atoms with Crippen LogP contribution >= 0.6 is 11.6 Å². The Morgan fingerprint density at radius 1 is 1.17 bits per heavy atom. The van der Waals surface area contributed by atoms with Crippen LogP contribution in [0.2, 0.25) is 5.02 Å². The fourth-order valence-corrected chi connectivity index (χ4v) is 3.47. The maximum Gasteiger partial charge on any atom is 0.265 e. The molecule has 2 heterocycles. The molecule has 29 heavy (non-hydrogen) atoms. The first-order chi connectivity index (χ1) is 14.0. The topological polar surface area (TPSA) is 68.4 Å². The van der Waals surface area contributed by atoms with Crippen molar-refractivity contribution in [2.24, 2.45) is 0 Å². The fraction of sp³-hybridized carbons (Fsp3) is 0.318. The molecule has 2 N–H and O–H groups in total. The predicted molar refractivity (Wildman–Crippen MR) is 116 cm³/mol. The number of likely N-dealkylation sites (N-methyl/N-ethyl adjacent to an activating group) is 1. The van der Waals surface area contributed by atoms with E-state index in [1.54, 1.807) is 35.0 Å². The van der Waals surface area contributed by atoms with Gasteiger partial charge in [-0.1, -0.05) is 23.7 Å². The molecular formula is C22H26ClN4O2+. The molecule has 0 spiro atoms. The quantitative estimate of drug-likeness (QED) is 0.591. The molecule has 0 aliphatic rings. The standard InChI is InChI=1S/C22H25ClN4O2/c1-3-26(4-2)13-12-25-21(28)19-14-17-6-5-11-24-20(17)27(22(19)29)15-16-7-9-18(23)10-8-16/h5-11,14H,3-4,12-13,15H2,1-2H3,(H,25,28)/p+1. The monoisotopic (exact) mass is 413 g/mol. The molecule has 0 bridgehead atoms. The highest BCUT2D eigenvalue weighted by molar-refractivity contribution is 6.30. The molecule has 0 saturated carbocycles. The van der Waals surface area contributed by atoms with Crippen LogP contribution in [0.25, 0.3) is 11.0 Å². The third-order valence-corrected chi connectivity index (χ3v) is 5.36. The van der Waals surface area contributed by atoms with Crippen LogP contribution in [-0.4, -0.2) is 41.6 Å². The number of carbonyl (C=O) groups excluding carboxylic acids is 1. The summed E-state index contributed by atoms with van der Waals surface area (Å²) in [5.41, 5.74) is 1.25. The van der Waals surface area contributed by atoms with Crippen molar-refractivity contribution < 1.29 is 9.69 Å². The molecule has 1 aromatic carbocycles. The van der Waals surface area contributed by atoms with Crippen molar-refractivity contribution in [3.8, 4) is 0 Å². The van der Waals surface area contributed by atoms with Crippen molar-refractivity contribution in [1.29, 1.82) is 0 Å². The number of nitrogens with one attached hydrogen (secondary N) is 2. The molecule has 3 rings (SSSR count). The lowest BCUT2D eigenvalue weighted by Gasteiger charge is -2.16. The molecule has 0 radical (unpaired) electrons. The Hall–Kier alpha value is -2.70. The maximum absolute atomic E-state index is 13.1. The molecule has 7 heteroatoms. The second-order valence-electron chi connectivity index (χ2n) is 6.96. The highest BCUT2D eigenvalue weighted by Crippen LogP contribution is 2.14. The summed E-state index contributed by atoms with van der Waals surface area (Å²) >= 11 is 5.96. The van der Waals surface area contributed by atoms with Gasteiger partial charge >= 0.3 is 0 Å². The fourth-order valence-electron chi connectivity index (χ4n) is 3.34. The second-order valence-corrected chi connectivity index (χ2v) is 7.39.